The lowest BCUT2D eigenvalue weighted by atomic mass is 9.95. The van der Waals surface area contributed by atoms with E-state index in [4.69, 9.17) is 14.2 Å². The molecule has 0 heterocycles. The Bertz CT molecular complexity index is 772. The Morgan fingerprint density at radius 3 is 1.30 bits per heavy atom. The zero-order valence-corrected chi connectivity index (χ0v) is 33.9. The van der Waals surface area contributed by atoms with Crippen LogP contribution in [0, 0.1) is 5.92 Å². The van der Waals surface area contributed by atoms with E-state index in [2.05, 4.69) is 25.7 Å². The van der Waals surface area contributed by atoms with E-state index >= 15 is 0 Å². The molecule has 7 nitrogen and oxygen atoms in total. The summed E-state index contributed by atoms with van der Waals surface area (Å²) >= 11 is 0. The lowest BCUT2D eigenvalue weighted by Gasteiger charge is -2.18. The number of carbonyl (C=O) groups is 3. The third kappa shape index (κ3) is 34.8. The van der Waals surface area contributed by atoms with Crippen LogP contribution in [-0.4, -0.2) is 62.8 Å². The molecule has 0 fully saturated rings. The predicted molar refractivity (Wildman–Crippen MR) is 209 cm³/mol. The highest BCUT2D eigenvalue weighted by Crippen LogP contribution is 2.20. The number of ether oxygens (including phenoxy) is 3. The second-order valence-corrected chi connectivity index (χ2v) is 15.2. The summed E-state index contributed by atoms with van der Waals surface area (Å²) in [7, 11) is 3.99. The molecule has 0 N–H and O–H groups in total. The van der Waals surface area contributed by atoms with Gasteiger partial charge in [-0.25, -0.2) is 0 Å². The van der Waals surface area contributed by atoms with Crippen molar-refractivity contribution >= 4 is 17.9 Å². The zero-order chi connectivity index (χ0) is 36.9. The molecule has 7 heteroatoms. The minimum absolute atomic E-state index is 0.115. The van der Waals surface area contributed by atoms with Gasteiger partial charge in [0, 0.05) is 19.3 Å². The van der Waals surface area contributed by atoms with Gasteiger partial charge in [-0.2, -0.15) is 0 Å². The summed E-state index contributed by atoms with van der Waals surface area (Å²) in [4.78, 5) is 39.6. The third-order valence-corrected chi connectivity index (χ3v) is 9.77. The topological polar surface area (TPSA) is 82.1 Å². The van der Waals surface area contributed by atoms with E-state index in [1.807, 2.05) is 14.1 Å². The van der Waals surface area contributed by atoms with Crippen LogP contribution in [0.25, 0.3) is 0 Å². The van der Waals surface area contributed by atoms with Crippen molar-refractivity contribution in [2.24, 2.45) is 5.92 Å². The second-order valence-electron chi connectivity index (χ2n) is 15.2. The summed E-state index contributed by atoms with van der Waals surface area (Å²) in [6.07, 6.45) is 31.9. The molecule has 0 aromatic rings. The fraction of sp³-hybridized carbons (Fsp3) is 0.930. The average molecular weight is 710 g/mol. The maximum atomic E-state index is 12.5. The highest BCUT2D eigenvalue weighted by Gasteiger charge is 2.17. The van der Waals surface area contributed by atoms with Crippen molar-refractivity contribution in [1.29, 1.82) is 0 Å². The van der Waals surface area contributed by atoms with Crippen LogP contribution in [0.5, 0.6) is 0 Å². The standard InChI is InChI=1S/C43H83NO6/c1-6-9-12-15-17-18-19-20-22-26-32-40(50-43(47)35-29-36-44(4)5)38-49-42(46)34-28-23-27-33-41(45)48-37-39(30-24-14-11-8-3)31-25-21-16-13-10-7-2/h39-40H,6-38H2,1-5H3. The fourth-order valence-electron chi connectivity index (χ4n) is 6.46. The Morgan fingerprint density at radius 2 is 0.820 bits per heavy atom. The van der Waals surface area contributed by atoms with Gasteiger partial charge in [-0.05, 0) is 71.5 Å². The van der Waals surface area contributed by atoms with Crippen LogP contribution in [-0.2, 0) is 28.6 Å². The van der Waals surface area contributed by atoms with Crippen LogP contribution in [0.1, 0.15) is 213 Å². The molecule has 0 bridgehead atoms. The number of hydrogen-bond acceptors (Lipinski definition) is 7. The van der Waals surface area contributed by atoms with Gasteiger partial charge in [-0.1, -0.05) is 149 Å². The lowest BCUT2D eigenvalue weighted by molar-refractivity contribution is -0.159. The van der Waals surface area contributed by atoms with Crippen LogP contribution >= 0.6 is 0 Å². The van der Waals surface area contributed by atoms with Crippen LogP contribution in [0.2, 0.25) is 0 Å². The Balaban J connectivity index is 4.37. The van der Waals surface area contributed by atoms with Gasteiger partial charge in [0.1, 0.15) is 12.7 Å². The monoisotopic (exact) mass is 710 g/mol. The van der Waals surface area contributed by atoms with Crippen LogP contribution < -0.4 is 0 Å². The van der Waals surface area contributed by atoms with Crippen molar-refractivity contribution in [3.8, 4) is 0 Å². The molecule has 0 rings (SSSR count). The van der Waals surface area contributed by atoms with Crippen molar-refractivity contribution in [3.63, 3.8) is 0 Å². The zero-order valence-electron chi connectivity index (χ0n) is 33.9. The highest BCUT2D eigenvalue weighted by atomic mass is 16.6. The summed E-state index contributed by atoms with van der Waals surface area (Å²) in [6, 6.07) is 0. The molecular formula is C43H83NO6. The van der Waals surface area contributed by atoms with E-state index in [1.165, 1.54) is 116 Å². The molecule has 2 atom stereocenters. The van der Waals surface area contributed by atoms with E-state index in [9.17, 15) is 14.4 Å². The van der Waals surface area contributed by atoms with Gasteiger partial charge in [0.05, 0.1) is 6.61 Å². The van der Waals surface area contributed by atoms with Crippen LogP contribution in [0.15, 0.2) is 0 Å². The summed E-state index contributed by atoms with van der Waals surface area (Å²) in [6.45, 7) is 8.25. The summed E-state index contributed by atoms with van der Waals surface area (Å²) < 4.78 is 17.1. The second kappa shape index (κ2) is 37.1. The average Bonchev–Trinajstić information content (AvgIpc) is 3.09. The molecule has 0 aliphatic carbocycles. The van der Waals surface area contributed by atoms with Crippen molar-refractivity contribution in [3.05, 3.63) is 0 Å². The van der Waals surface area contributed by atoms with Gasteiger partial charge in [0.25, 0.3) is 0 Å². The fourth-order valence-corrected chi connectivity index (χ4v) is 6.46. The number of rotatable bonds is 38. The van der Waals surface area contributed by atoms with Crippen molar-refractivity contribution in [2.45, 2.75) is 219 Å². The van der Waals surface area contributed by atoms with Gasteiger partial charge in [0.2, 0.25) is 0 Å². The molecule has 0 aromatic heterocycles. The lowest BCUT2D eigenvalue weighted by Crippen LogP contribution is -2.26. The summed E-state index contributed by atoms with van der Waals surface area (Å²) in [5.74, 6) is -0.110. The Hall–Kier alpha value is -1.63. The number of esters is 3. The molecular weight excluding hydrogens is 626 g/mol. The van der Waals surface area contributed by atoms with Gasteiger partial charge >= 0.3 is 17.9 Å². The molecule has 2 unspecified atom stereocenters. The SMILES string of the molecule is CCCCCCCCCCCCC(COC(=O)CCCCCC(=O)OCC(CCCCCC)CCCCCCCC)OC(=O)CCCN(C)C. The summed E-state index contributed by atoms with van der Waals surface area (Å²) in [5, 5.41) is 0. The van der Waals surface area contributed by atoms with E-state index in [0.29, 0.717) is 38.2 Å². The van der Waals surface area contributed by atoms with Crippen LogP contribution in [0.4, 0.5) is 0 Å². The summed E-state index contributed by atoms with van der Waals surface area (Å²) in [5.41, 5.74) is 0. The van der Waals surface area contributed by atoms with Crippen molar-refractivity contribution < 1.29 is 28.6 Å². The third-order valence-electron chi connectivity index (χ3n) is 9.77. The predicted octanol–water partition coefficient (Wildman–Crippen LogP) is 11.9. The Labute approximate surface area is 310 Å². The minimum Gasteiger partial charge on any atom is -0.465 e. The van der Waals surface area contributed by atoms with E-state index in [-0.39, 0.29) is 30.6 Å². The first-order valence-corrected chi connectivity index (χ1v) is 21.5. The molecule has 0 aliphatic heterocycles. The first-order valence-electron chi connectivity index (χ1n) is 21.5. The number of hydrogen-bond donors (Lipinski definition) is 0. The Morgan fingerprint density at radius 1 is 0.440 bits per heavy atom. The maximum Gasteiger partial charge on any atom is 0.306 e. The number of carbonyl (C=O) groups excluding carboxylic acids is 3. The molecule has 0 amide bonds. The van der Waals surface area contributed by atoms with Crippen LogP contribution in [0.3, 0.4) is 0 Å². The maximum absolute atomic E-state index is 12.5. The molecule has 0 spiro atoms. The van der Waals surface area contributed by atoms with E-state index < -0.39 is 0 Å². The molecule has 296 valence electrons. The first-order chi connectivity index (χ1) is 24.3. The minimum atomic E-state index is -0.383. The molecule has 0 aliphatic rings. The van der Waals surface area contributed by atoms with Crippen molar-refractivity contribution in [2.75, 3.05) is 33.9 Å². The normalized spacial score (nSPS) is 12.6. The quantitative estimate of drug-likeness (QED) is 0.0358. The first kappa shape index (κ1) is 48.4. The van der Waals surface area contributed by atoms with Crippen molar-refractivity contribution in [1.82, 2.24) is 4.90 Å². The van der Waals surface area contributed by atoms with E-state index in [0.717, 1.165) is 57.9 Å². The van der Waals surface area contributed by atoms with Gasteiger partial charge < -0.3 is 19.1 Å². The number of unbranched alkanes of at least 4 members (excludes halogenated alkanes) is 19. The van der Waals surface area contributed by atoms with Gasteiger partial charge in [-0.3, -0.25) is 14.4 Å². The van der Waals surface area contributed by atoms with Gasteiger partial charge in [-0.15, -0.1) is 0 Å². The van der Waals surface area contributed by atoms with E-state index in [1.54, 1.807) is 0 Å². The molecule has 50 heavy (non-hydrogen) atoms. The number of nitrogens with zero attached hydrogens (tertiary/aromatic N) is 1. The highest BCUT2D eigenvalue weighted by molar-refractivity contribution is 5.70. The van der Waals surface area contributed by atoms with Gasteiger partial charge in [0.15, 0.2) is 0 Å². The molecule has 0 saturated heterocycles. The molecule has 0 saturated carbocycles. The largest absolute Gasteiger partial charge is 0.465 e. The Kier molecular flexibility index (Phi) is 35.9. The molecule has 0 radical (unpaired) electrons. The molecule has 0 aromatic carbocycles. The smallest absolute Gasteiger partial charge is 0.306 e.